The molecule has 0 aliphatic carbocycles. The Morgan fingerprint density at radius 3 is 2.57 bits per heavy atom. The van der Waals surface area contributed by atoms with Crippen LogP contribution in [0.25, 0.3) is 0 Å². The maximum absolute atomic E-state index is 14.7. The van der Waals surface area contributed by atoms with Crippen molar-refractivity contribution >= 4 is 21.6 Å². The third-order valence-electron chi connectivity index (χ3n) is 3.87. The van der Waals surface area contributed by atoms with Crippen LogP contribution in [-0.4, -0.2) is 29.9 Å². The first-order valence-corrected chi connectivity index (χ1v) is 9.57. The summed E-state index contributed by atoms with van der Waals surface area (Å²) in [5.74, 6) is -2.41. The van der Waals surface area contributed by atoms with Gasteiger partial charge in [-0.25, -0.2) is 17.5 Å². The smallest absolute Gasteiger partial charge is 0.343 e. The maximum Gasteiger partial charge on any atom is 0.433 e. The number of hydrogen-bond acceptors (Lipinski definition) is 4. The van der Waals surface area contributed by atoms with Gasteiger partial charge in [-0.2, -0.15) is 13.2 Å². The van der Waals surface area contributed by atoms with E-state index in [2.05, 4.69) is 15.0 Å². The Labute approximate surface area is 158 Å². The lowest BCUT2D eigenvalue weighted by Crippen LogP contribution is -2.32. The second-order valence-electron chi connectivity index (χ2n) is 6.08. The molecule has 0 radical (unpaired) electrons. The van der Waals surface area contributed by atoms with Gasteiger partial charge in [-0.15, -0.1) is 0 Å². The van der Waals surface area contributed by atoms with Gasteiger partial charge in [0.1, 0.15) is 16.3 Å². The second kappa shape index (κ2) is 7.87. The molecule has 0 aromatic carbocycles. The molecule has 1 amide bonds. The third-order valence-corrected chi connectivity index (χ3v) is 5.45. The molecule has 0 saturated carbocycles. The van der Waals surface area contributed by atoms with Crippen LogP contribution in [0.15, 0.2) is 29.4 Å². The van der Waals surface area contributed by atoms with Crippen molar-refractivity contribution in [2.45, 2.75) is 37.4 Å². The van der Waals surface area contributed by atoms with E-state index < -0.39 is 50.2 Å². The molecule has 28 heavy (non-hydrogen) atoms. The molecule has 12 heteroatoms. The number of amides is 1. The second-order valence-corrected chi connectivity index (χ2v) is 7.76. The van der Waals surface area contributed by atoms with Crippen LogP contribution >= 0.6 is 0 Å². The summed E-state index contributed by atoms with van der Waals surface area (Å²) in [6, 6.07) is 1.22. The minimum absolute atomic E-state index is 0.268. The molecule has 0 saturated heterocycles. The molecule has 7 nitrogen and oxygen atoms in total. The lowest BCUT2D eigenvalue weighted by atomic mass is 10.3. The molecule has 1 atom stereocenters. The number of aromatic nitrogens is 2. The number of nitrogens with one attached hydrogen (secondary N) is 2. The average Bonchev–Trinajstić information content (AvgIpc) is 2.89. The van der Waals surface area contributed by atoms with Crippen molar-refractivity contribution < 1.29 is 30.8 Å². The predicted molar refractivity (Wildman–Crippen MR) is 92.6 cm³/mol. The van der Waals surface area contributed by atoms with Crippen molar-refractivity contribution in [1.82, 2.24) is 14.3 Å². The molecule has 0 spiro atoms. The summed E-state index contributed by atoms with van der Waals surface area (Å²) in [6.07, 6.45) is -2.50. The number of carbonyl (C=O) groups excluding carboxylic acids is 1. The van der Waals surface area contributed by atoms with Crippen molar-refractivity contribution in [1.29, 1.82) is 0 Å². The van der Waals surface area contributed by atoms with Gasteiger partial charge in [0, 0.05) is 31.2 Å². The van der Waals surface area contributed by atoms with Crippen LogP contribution in [-0.2, 0) is 23.2 Å². The molecule has 0 unspecified atom stereocenters. The summed E-state index contributed by atoms with van der Waals surface area (Å²) < 4.78 is 80.6. The molecule has 2 aromatic rings. The van der Waals surface area contributed by atoms with Gasteiger partial charge < -0.3 is 9.88 Å². The summed E-state index contributed by atoms with van der Waals surface area (Å²) >= 11 is 0. The van der Waals surface area contributed by atoms with Gasteiger partial charge >= 0.3 is 6.18 Å². The first-order valence-electron chi connectivity index (χ1n) is 8.08. The Balaban J connectivity index is 2.34. The Hall–Kier alpha value is -2.47. The highest BCUT2D eigenvalue weighted by Crippen LogP contribution is 2.29. The number of halogens is 4. The lowest BCUT2D eigenvalue weighted by molar-refractivity contribution is -0.141. The fourth-order valence-electron chi connectivity index (χ4n) is 2.28. The number of nitrogens with zero attached hydrogens (tertiary/aromatic N) is 2. The molecule has 2 rings (SSSR count). The van der Waals surface area contributed by atoms with E-state index in [9.17, 15) is 30.8 Å². The SMILES string of the molecule is CC[C@@H](C)NS(=O)(=O)c1cn(C)c(C(=O)Nc2ccnc(C(F)(F)F)c2)c1F. The molecule has 154 valence electrons. The highest BCUT2D eigenvalue weighted by molar-refractivity contribution is 7.89. The van der Waals surface area contributed by atoms with Crippen molar-refractivity contribution in [3.8, 4) is 0 Å². The summed E-state index contributed by atoms with van der Waals surface area (Å²) in [4.78, 5) is 14.8. The molecular formula is C16H18F4N4O3S. The van der Waals surface area contributed by atoms with Crippen LogP contribution in [0.4, 0.5) is 23.2 Å². The average molecular weight is 422 g/mol. The van der Waals surface area contributed by atoms with Crippen LogP contribution in [0.5, 0.6) is 0 Å². The Morgan fingerprint density at radius 2 is 2.00 bits per heavy atom. The highest BCUT2D eigenvalue weighted by atomic mass is 32.2. The van der Waals surface area contributed by atoms with E-state index in [0.29, 0.717) is 12.5 Å². The molecule has 2 N–H and O–H groups in total. The third kappa shape index (κ3) is 4.68. The monoisotopic (exact) mass is 422 g/mol. The molecule has 0 bridgehead atoms. The van der Waals surface area contributed by atoms with Gasteiger partial charge in [-0.1, -0.05) is 6.92 Å². The molecule has 2 aromatic heterocycles. The van der Waals surface area contributed by atoms with Crippen molar-refractivity contribution in [3.05, 3.63) is 41.7 Å². The van der Waals surface area contributed by atoms with Crippen LogP contribution < -0.4 is 10.0 Å². The zero-order valence-corrected chi connectivity index (χ0v) is 15.9. The van der Waals surface area contributed by atoms with Gasteiger partial charge in [-0.05, 0) is 25.5 Å². The number of carbonyl (C=O) groups is 1. The van der Waals surface area contributed by atoms with Gasteiger partial charge in [0.25, 0.3) is 5.91 Å². The number of hydrogen-bond donors (Lipinski definition) is 2. The number of alkyl halides is 3. The van der Waals surface area contributed by atoms with E-state index in [1.807, 2.05) is 0 Å². The van der Waals surface area contributed by atoms with Gasteiger partial charge in [0.15, 0.2) is 5.82 Å². The van der Waals surface area contributed by atoms with Gasteiger partial charge in [0.2, 0.25) is 10.0 Å². The maximum atomic E-state index is 14.7. The number of aryl methyl sites for hydroxylation is 1. The normalized spacial score (nSPS) is 13.4. The number of rotatable bonds is 6. The topological polar surface area (TPSA) is 93.1 Å². The van der Waals surface area contributed by atoms with E-state index in [-0.39, 0.29) is 5.69 Å². The van der Waals surface area contributed by atoms with E-state index in [1.165, 1.54) is 7.05 Å². The van der Waals surface area contributed by atoms with Crippen LogP contribution in [0.2, 0.25) is 0 Å². The number of sulfonamides is 1. The minimum atomic E-state index is -4.72. The Morgan fingerprint density at radius 1 is 1.36 bits per heavy atom. The summed E-state index contributed by atoms with van der Waals surface area (Å²) in [5, 5.41) is 2.11. The fraction of sp³-hybridized carbons (Fsp3) is 0.375. The van der Waals surface area contributed by atoms with Crippen molar-refractivity contribution in [2.24, 2.45) is 7.05 Å². The van der Waals surface area contributed by atoms with Gasteiger partial charge in [0.05, 0.1) is 0 Å². The minimum Gasteiger partial charge on any atom is -0.343 e. The summed E-state index contributed by atoms with van der Waals surface area (Å²) in [7, 11) is -2.98. The van der Waals surface area contributed by atoms with Crippen LogP contribution in [0.3, 0.4) is 0 Å². The Kier molecular flexibility index (Phi) is 6.14. The first kappa shape index (κ1) is 21.8. The zero-order chi connectivity index (χ0) is 21.3. The molecule has 2 heterocycles. The van der Waals surface area contributed by atoms with E-state index in [4.69, 9.17) is 0 Å². The fourth-order valence-corrected chi connectivity index (χ4v) is 3.73. The molecule has 0 aliphatic rings. The highest BCUT2D eigenvalue weighted by Gasteiger charge is 2.33. The quantitative estimate of drug-likeness (QED) is 0.700. The van der Waals surface area contributed by atoms with E-state index in [0.717, 1.165) is 23.0 Å². The first-order chi connectivity index (χ1) is 12.9. The summed E-state index contributed by atoms with van der Waals surface area (Å²) in [5.41, 5.74) is -2.15. The molecule has 0 fully saturated rings. The van der Waals surface area contributed by atoms with Crippen LogP contribution in [0, 0.1) is 5.82 Å². The van der Waals surface area contributed by atoms with Crippen molar-refractivity contribution in [2.75, 3.05) is 5.32 Å². The standard InChI is InChI=1S/C16H18F4N4O3S/c1-4-9(2)23-28(26,27)11-8-24(3)14(13(11)17)15(25)22-10-5-6-21-12(7-10)16(18,19)20/h5-9,23H,4H2,1-3H3,(H,21,22,25)/t9-/m1/s1. The zero-order valence-electron chi connectivity index (χ0n) is 15.1. The lowest BCUT2D eigenvalue weighted by Gasteiger charge is -2.11. The number of anilines is 1. The largest absolute Gasteiger partial charge is 0.433 e. The molecular weight excluding hydrogens is 404 g/mol. The predicted octanol–water partition coefficient (Wildman–Crippen LogP) is 2.91. The van der Waals surface area contributed by atoms with Crippen LogP contribution in [0.1, 0.15) is 36.5 Å². The van der Waals surface area contributed by atoms with E-state index in [1.54, 1.807) is 13.8 Å². The number of pyridine rings is 1. The Bertz CT molecular complexity index is 986. The van der Waals surface area contributed by atoms with Crippen molar-refractivity contribution in [3.63, 3.8) is 0 Å². The van der Waals surface area contributed by atoms with Gasteiger partial charge in [-0.3, -0.25) is 9.78 Å². The van der Waals surface area contributed by atoms with E-state index >= 15 is 0 Å². The summed E-state index contributed by atoms with van der Waals surface area (Å²) in [6.45, 7) is 3.32. The molecule has 0 aliphatic heterocycles.